The van der Waals surface area contributed by atoms with E-state index in [0.29, 0.717) is 0 Å². The van der Waals surface area contributed by atoms with Gasteiger partial charge in [-0.05, 0) is 32.9 Å². The predicted octanol–water partition coefficient (Wildman–Crippen LogP) is -0.0853. The maximum atomic E-state index is 11.4. The molecule has 82 valence electrons. The average Bonchev–Trinajstić information content (AvgIpc) is 2.47. The van der Waals surface area contributed by atoms with E-state index in [0.717, 1.165) is 0 Å². The van der Waals surface area contributed by atoms with E-state index in [1.165, 1.54) is 12.1 Å². The minimum absolute atomic E-state index is 0.0481. The van der Waals surface area contributed by atoms with Crippen molar-refractivity contribution in [3.8, 4) is 0 Å². The monoisotopic (exact) mass is 212 g/mol. The van der Waals surface area contributed by atoms with Crippen molar-refractivity contribution in [2.24, 2.45) is 0 Å². The number of carbonyl (C=O) groups is 1. The standard InChI is InChI=1S/C9H13BO5/c1-9(2,3)15-8(11)6-4-5-7(14-6)10(12)13/h4-5,12-13H,1-3H3. The molecule has 1 rings (SSSR count). The molecule has 0 saturated carbocycles. The molecule has 0 fully saturated rings. The van der Waals surface area contributed by atoms with Gasteiger partial charge >= 0.3 is 13.1 Å². The second-order valence-corrected chi connectivity index (χ2v) is 4.08. The molecular formula is C9H13BO5. The van der Waals surface area contributed by atoms with E-state index in [-0.39, 0.29) is 11.4 Å². The van der Waals surface area contributed by atoms with Gasteiger partial charge in [-0.2, -0.15) is 0 Å². The average molecular weight is 212 g/mol. The number of carbonyl (C=O) groups excluding carboxylic acids is 1. The minimum atomic E-state index is -1.72. The highest BCUT2D eigenvalue weighted by Gasteiger charge is 2.23. The van der Waals surface area contributed by atoms with E-state index in [9.17, 15) is 4.79 Å². The van der Waals surface area contributed by atoms with Crippen molar-refractivity contribution >= 4 is 18.7 Å². The molecule has 0 saturated heterocycles. The first-order valence-electron chi connectivity index (χ1n) is 4.49. The van der Waals surface area contributed by atoms with Gasteiger partial charge in [0.15, 0.2) is 0 Å². The van der Waals surface area contributed by atoms with Crippen LogP contribution in [0.5, 0.6) is 0 Å². The van der Waals surface area contributed by atoms with Crippen molar-refractivity contribution in [2.75, 3.05) is 0 Å². The molecular weight excluding hydrogens is 199 g/mol. The van der Waals surface area contributed by atoms with Crippen LogP contribution in [-0.2, 0) is 4.74 Å². The van der Waals surface area contributed by atoms with Crippen LogP contribution in [0.3, 0.4) is 0 Å². The fourth-order valence-corrected chi connectivity index (χ4v) is 0.930. The van der Waals surface area contributed by atoms with E-state index in [2.05, 4.69) is 0 Å². The van der Waals surface area contributed by atoms with Crippen LogP contribution >= 0.6 is 0 Å². The number of rotatable bonds is 2. The van der Waals surface area contributed by atoms with Gasteiger partial charge in [-0.15, -0.1) is 0 Å². The lowest BCUT2D eigenvalue weighted by Crippen LogP contribution is -2.28. The normalized spacial score (nSPS) is 11.3. The molecule has 0 aliphatic heterocycles. The highest BCUT2D eigenvalue weighted by Crippen LogP contribution is 2.11. The quantitative estimate of drug-likeness (QED) is 0.529. The molecule has 0 aliphatic carbocycles. The van der Waals surface area contributed by atoms with Crippen LogP contribution in [0, 0.1) is 0 Å². The Hall–Kier alpha value is -1.27. The van der Waals surface area contributed by atoms with Gasteiger partial charge < -0.3 is 19.2 Å². The summed E-state index contributed by atoms with van der Waals surface area (Å²) in [4.78, 5) is 11.4. The van der Waals surface area contributed by atoms with Crippen molar-refractivity contribution in [1.82, 2.24) is 0 Å². The number of ether oxygens (including phenoxy) is 1. The van der Waals surface area contributed by atoms with Gasteiger partial charge in [0.25, 0.3) is 0 Å². The van der Waals surface area contributed by atoms with Gasteiger partial charge in [-0.3, -0.25) is 0 Å². The van der Waals surface area contributed by atoms with Crippen LogP contribution in [0.15, 0.2) is 16.5 Å². The topological polar surface area (TPSA) is 79.9 Å². The van der Waals surface area contributed by atoms with Crippen LogP contribution in [0.25, 0.3) is 0 Å². The summed E-state index contributed by atoms with van der Waals surface area (Å²) >= 11 is 0. The van der Waals surface area contributed by atoms with Gasteiger partial charge in [0, 0.05) is 0 Å². The van der Waals surface area contributed by atoms with Crippen molar-refractivity contribution in [1.29, 1.82) is 0 Å². The smallest absolute Gasteiger partial charge is 0.458 e. The number of hydrogen-bond acceptors (Lipinski definition) is 5. The van der Waals surface area contributed by atoms with Crippen molar-refractivity contribution in [2.45, 2.75) is 26.4 Å². The highest BCUT2D eigenvalue weighted by atomic mass is 16.6. The van der Waals surface area contributed by atoms with Crippen LogP contribution in [-0.4, -0.2) is 28.7 Å². The Balaban J connectivity index is 2.75. The van der Waals surface area contributed by atoms with Crippen LogP contribution < -0.4 is 5.66 Å². The van der Waals surface area contributed by atoms with E-state index < -0.39 is 18.7 Å². The Bertz CT molecular complexity index is 350. The molecule has 5 nitrogen and oxygen atoms in total. The molecule has 0 unspecified atom stereocenters. The molecule has 0 bridgehead atoms. The lowest BCUT2D eigenvalue weighted by atomic mass is 9.88. The van der Waals surface area contributed by atoms with Crippen LogP contribution in [0.1, 0.15) is 31.3 Å². The molecule has 0 radical (unpaired) electrons. The van der Waals surface area contributed by atoms with E-state index >= 15 is 0 Å². The molecule has 1 heterocycles. The Morgan fingerprint density at radius 2 is 2.00 bits per heavy atom. The largest absolute Gasteiger partial charge is 0.526 e. The first kappa shape index (κ1) is 11.8. The lowest BCUT2D eigenvalue weighted by molar-refractivity contribution is 0.00374. The third kappa shape index (κ3) is 3.41. The lowest BCUT2D eigenvalue weighted by Gasteiger charge is -2.18. The zero-order chi connectivity index (χ0) is 11.6. The molecule has 0 aliphatic rings. The van der Waals surface area contributed by atoms with E-state index in [4.69, 9.17) is 19.2 Å². The predicted molar refractivity (Wildman–Crippen MR) is 53.7 cm³/mol. The summed E-state index contributed by atoms with van der Waals surface area (Å²) < 4.78 is 9.90. The summed E-state index contributed by atoms with van der Waals surface area (Å²) in [5.74, 6) is -0.678. The van der Waals surface area contributed by atoms with Gasteiger partial charge in [-0.25, -0.2) is 4.79 Å². The molecule has 0 amide bonds. The fraction of sp³-hybridized carbons (Fsp3) is 0.444. The second kappa shape index (κ2) is 4.08. The number of esters is 1. The SMILES string of the molecule is CC(C)(C)OC(=O)c1ccc(B(O)O)o1. The molecule has 15 heavy (non-hydrogen) atoms. The third-order valence-corrected chi connectivity index (χ3v) is 1.48. The highest BCUT2D eigenvalue weighted by molar-refractivity contribution is 6.57. The molecule has 0 aromatic carbocycles. The molecule has 2 N–H and O–H groups in total. The van der Waals surface area contributed by atoms with E-state index in [1.54, 1.807) is 20.8 Å². The first-order valence-corrected chi connectivity index (χ1v) is 4.49. The Labute approximate surface area is 87.8 Å². The zero-order valence-corrected chi connectivity index (χ0v) is 8.85. The Morgan fingerprint density at radius 3 is 2.40 bits per heavy atom. The maximum absolute atomic E-state index is 11.4. The van der Waals surface area contributed by atoms with Gasteiger partial charge in [0.2, 0.25) is 5.76 Å². The Morgan fingerprint density at radius 1 is 1.40 bits per heavy atom. The molecule has 1 aromatic heterocycles. The molecule has 1 aromatic rings. The molecule has 6 heteroatoms. The van der Waals surface area contributed by atoms with Gasteiger partial charge in [-0.1, -0.05) is 0 Å². The fourth-order valence-electron chi connectivity index (χ4n) is 0.930. The van der Waals surface area contributed by atoms with Crippen LogP contribution in [0.4, 0.5) is 0 Å². The summed E-state index contributed by atoms with van der Waals surface area (Å²) in [5, 5.41) is 17.5. The maximum Gasteiger partial charge on any atom is 0.526 e. The van der Waals surface area contributed by atoms with Gasteiger partial charge in [0.05, 0.1) is 0 Å². The summed E-state index contributed by atoms with van der Waals surface area (Å²) in [7, 11) is -1.72. The summed E-state index contributed by atoms with van der Waals surface area (Å²) in [6.07, 6.45) is 0. The Kier molecular flexibility index (Phi) is 3.21. The second-order valence-electron chi connectivity index (χ2n) is 4.08. The number of hydrogen-bond donors (Lipinski definition) is 2. The summed E-state index contributed by atoms with van der Waals surface area (Å²) in [5.41, 5.74) is -0.696. The zero-order valence-electron chi connectivity index (χ0n) is 8.85. The van der Waals surface area contributed by atoms with Crippen molar-refractivity contribution in [3.05, 3.63) is 17.9 Å². The summed E-state index contributed by atoms with van der Waals surface area (Å²) in [6, 6.07) is 2.65. The van der Waals surface area contributed by atoms with Crippen molar-refractivity contribution in [3.63, 3.8) is 0 Å². The molecule has 0 spiro atoms. The van der Waals surface area contributed by atoms with Crippen LogP contribution in [0.2, 0.25) is 0 Å². The number of furan rings is 1. The van der Waals surface area contributed by atoms with Gasteiger partial charge in [0.1, 0.15) is 11.3 Å². The minimum Gasteiger partial charge on any atom is -0.458 e. The van der Waals surface area contributed by atoms with E-state index in [1.807, 2.05) is 0 Å². The summed E-state index contributed by atoms with van der Waals surface area (Å²) in [6.45, 7) is 5.20. The first-order chi connectivity index (χ1) is 6.79. The van der Waals surface area contributed by atoms with Crippen molar-refractivity contribution < 1.29 is 24.0 Å². The third-order valence-electron chi connectivity index (χ3n) is 1.48. The molecule has 0 atom stereocenters.